The van der Waals surface area contributed by atoms with Gasteiger partial charge >= 0.3 is 0 Å². The van der Waals surface area contributed by atoms with Crippen LogP contribution in [0, 0.1) is 30.6 Å². The summed E-state index contributed by atoms with van der Waals surface area (Å²) in [6.45, 7) is 3.00. The van der Waals surface area contributed by atoms with Gasteiger partial charge in [-0.2, -0.15) is 0 Å². The molecule has 0 amide bonds. The van der Waals surface area contributed by atoms with Crippen molar-refractivity contribution in [3.8, 4) is 23.7 Å². The Morgan fingerprint density at radius 2 is 1.14 bits per heavy atom. The SMILES string of the molecule is Cc1c(C#Cc2ccncc2)cc(C[N+](C)(C)C)cc1C#Cc1ccncc1. The summed E-state index contributed by atoms with van der Waals surface area (Å²) in [5.74, 6) is 13.1. The number of pyridine rings is 2. The fourth-order valence-corrected chi connectivity index (χ4v) is 2.82. The third-order valence-electron chi connectivity index (χ3n) is 4.17. The van der Waals surface area contributed by atoms with Crippen LogP contribution in [-0.4, -0.2) is 35.6 Å². The van der Waals surface area contributed by atoms with E-state index in [1.165, 1.54) is 5.56 Å². The first-order valence-corrected chi connectivity index (χ1v) is 9.19. The summed E-state index contributed by atoms with van der Waals surface area (Å²) in [6, 6.07) is 12.0. The van der Waals surface area contributed by atoms with E-state index in [-0.39, 0.29) is 0 Å². The summed E-state index contributed by atoms with van der Waals surface area (Å²) in [5, 5.41) is 0. The van der Waals surface area contributed by atoms with Gasteiger partial charge in [-0.3, -0.25) is 9.97 Å². The molecule has 3 heteroatoms. The average molecular weight is 366 g/mol. The molecule has 3 nitrogen and oxygen atoms in total. The Bertz CT molecular complexity index is 993. The first-order chi connectivity index (χ1) is 13.4. The predicted molar refractivity (Wildman–Crippen MR) is 113 cm³/mol. The molecule has 0 spiro atoms. The van der Waals surface area contributed by atoms with Gasteiger partial charge in [-0.05, 0) is 48.9 Å². The van der Waals surface area contributed by atoms with E-state index >= 15 is 0 Å². The second-order valence-electron chi connectivity index (χ2n) is 7.74. The molecule has 2 aromatic heterocycles. The van der Waals surface area contributed by atoms with Crippen molar-refractivity contribution in [3.63, 3.8) is 0 Å². The highest BCUT2D eigenvalue weighted by atomic mass is 15.3. The number of rotatable bonds is 2. The molecular formula is C25H24N3+. The maximum Gasteiger partial charge on any atom is 0.104 e. The number of nitrogens with zero attached hydrogens (tertiary/aromatic N) is 3. The average Bonchev–Trinajstić information content (AvgIpc) is 2.67. The van der Waals surface area contributed by atoms with Gasteiger partial charge in [-0.1, -0.05) is 23.7 Å². The summed E-state index contributed by atoms with van der Waals surface area (Å²) in [6.07, 6.45) is 7.04. The highest BCUT2D eigenvalue weighted by molar-refractivity contribution is 5.56. The van der Waals surface area contributed by atoms with Crippen LogP contribution in [-0.2, 0) is 6.54 Å². The van der Waals surface area contributed by atoms with Gasteiger partial charge in [0.1, 0.15) is 6.54 Å². The summed E-state index contributed by atoms with van der Waals surface area (Å²) in [7, 11) is 6.56. The molecule has 138 valence electrons. The second kappa shape index (κ2) is 8.53. The molecule has 0 fully saturated rings. The Morgan fingerprint density at radius 3 is 1.54 bits per heavy atom. The summed E-state index contributed by atoms with van der Waals surface area (Å²) < 4.78 is 0.845. The largest absolute Gasteiger partial charge is 0.327 e. The molecule has 0 aliphatic carbocycles. The van der Waals surface area contributed by atoms with Crippen molar-refractivity contribution in [3.05, 3.63) is 94.6 Å². The first kappa shape index (κ1) is 19.4. The van der Waals surface area contributed by atoms with Crippen molar-refractivity contribution >= 4 is 0 Å². The highest BCUT2D eigenvalue weighted by Gasteiger charge is 2.12. The molecule has 0 unspecified atom stereocenters. The van der Waals surface area contributed by atoms with E-state index < -0.39 is 0 Å². The zero-order valence-electron chi connectivity index (χ0n) is 16.8. The minimum Gasteiger partial charge on any atom is -0.327 e. The van der Waals surface area contributed by atoms with Gasteiger partial charge in [0.2, 0.25) is 0 Å². The number of hydrogen-bond donors (Lipinski definition) is 0. The normalized spacial score (nSPS) is 10.4. The lowest BCUT2D eigenvalue weighted by Gasteiger charge is -2.24. The topological polar surface area (TPSA) is 25.8 Å². The van der Waals surface area contributed by atoms with E-state index in [0.717, 1.165) is 38.8 Å². The molecule has 0 aliphatic rings. The van der Waals surface area contributed by atoms with Crippen LogP contribution in [0.5, 0.6) is 0 Å². The minimum atomic E-state index is 0.845. The van der Waals surface area contributed by atoms with Gasteiger partial charge in [0.25, 0.3) is 0 Å². The zero-order valence-corrected chi connectivity index (χ0v) is 16.8. The summed E-state index contributed by atoms with van der Waals surface area (Å²) >= 11 is 0. The minimum absolute atomic E-state index is 0.845. The second-order valence-corrected chi connectivity index (χ2v) is 7.74. The van der Waals surface area contributed by atoms with Crippen LogP contribution in [0.15, 0.2) is 61.2 Å². The maximum atomic E-state index is 4.05. The fraction of sp³-hybridized carbons (Fsp3) is 0.200. The molecule has 0 saturated carbocycles. The quantitative estimate of drug-likeness (QED) is 0.509. The van der Waals surface area contributed by atoms with Gasteiger partial charge in [-0.25, -0.2) is 0 Å². The third-order valence-corrected chi connectivity index (χ3v) is 4.17. The number of quaternary nitrogens is 1. The van der Waals surface area contributed by atoms with Gasteiger partial charge in [-0.15, -0.1) is 0 Å². The number of benzene rings is 1. The molecule has 0 saturated heterocycles. The molecule has 1 aromatic carbocycles. The molecule has 0 N–H and O–H groups in total. The fourth-order valence-electron chi connectivity index (χ4n) is 2.82. The molecule has 0 aliphatic heterocycles. The van der Waals surface area contributed by atoms with E-state index in [1.807, 2.05) is 24.3 Å². The maximum absolute atomic E-state index is 4.05. The van der Waals surface area contributed by atoms with Gasteiger partial charge in [0.15, 0.2) is 0 Å². The third kappa shape index (κ3) is 5.55. The van der Waals surface area contributed by atoms with Crippen LogP contribution >= 0.6 is 0 Å². The van der Waals surface area contributed by atoms with Crippen LogP contribution < -0.4 is 0 Å². The van der Waals surface area contributed by atoms with E-state index in [4.69, 9.17) is 0 Å². The van der Waals surface area contributed by atoms with Crippen molar-refractivity contribution < 1.29 is 4.48 Å². The Morgan fingerprint density at radius 1 is 0.714 bits per heavy atom. The lowest BCUT2D eigenvalue weighted by Crippen LogP contribution is -2.33. The first-order valence-electron chi connectivity index (χ1n) is 9.19. The number of hydrogen-bond acceptors (Lipinski definition) is 2. The van der Waals surface area contributed by atoms with E-state index in [0.29, 0.717) is 0 Å². The Labute approximate surface area is 167 Å². The Kier molecular flexibility index (Phi) is 5.90. The molecule has 28 heavy (non-hydrogen) atoms. The molecule has 0 radical (unpaired) electrons. The van der Waals surface area contributed by atoms with Crippen LogP contribution in [0.4, 0.5) is 0 Å². The molecule has 0 bridgehead atoms. The molecule has 3 rings (SSSR count). The zero-order chi connectivity index (χ0) is 20.0. The van der Waals surface area contributed by atoms with Crippen LogP contribution in [0.2, 0.25) is 0 Å². The van der Waals surface area contributed by atoms with Crippen LogP contribution in [0.3, 0.4) is 0 Å². The Balaban J connectivity index is 2.05. The van der Waals surface area contributed by atoms with E-state index in [2.05, 4.69) is 73.8 Å². The van der Waals surface area contributed by atoms with Crippen molar-refractivity contribution in [2.45, 2.75) is 13.5 Å². The number of aromatic nitrogens is 2. The van der Waals surface area contributed by atoms with Gasteiger partial charge < -0.3 is 4.48 Å². The predicted octanol–water partition coefficient (Wildman–Crippen LogP) is 3.79. The van der Waals surface area contributed by atoms with Gasteiger partial charge in [0, 0.05) is 52.6 Å². The molecule has 2 heterocycles. The smallest absolute Gasteiger partial charge is 0.104 e. The highest BCUT2D eigenvalue weighted by Crippen LogP contribution is 2.18. The van der Waals surface area contributed by atoms with Crippen molar-refractivity contribution in [2.24, 2.45) is 0 Å². The molecular weight excluding hydrogens is 342 g/mol. The van der Waals surface area contributed by atoms with E-state index in [9.17, 15) is 0 Å². The summed E-state index contributed by atoms with van der Waals surface area (Å²) in [4.78, 5) is 8.09. The van der Waals surface area contributed by atoms with Crippen LogP contribution in [0.25, 0.3) is 0 Å². The van der Waals surface area contributed by atoms with Gasteiger partial charge in [0.05, 0.1) is 21.1 Å². The molecule has 3 aromatic rings. The lowest BCUT2D eigenvalue weighted by atomic mass is 9.98. The molecule has 0 atom stereocenters. The van der Waals surface area contributed by atoms with Crippen molar-refractivity contribution in [1.82, 2.24) is 9.97 Å². The lowest BCUT2D eigenvalue weighted by molar-refractivity contribution is -0.884. The van der Waals surface area contributed by atoms with Crippen molar-refractivity contribution in [2.75, 3.05) is 21.1 Å². The standard InChI is InChI=1S/C25H24N3/c1-20-24(7-5-21-9-13-26-14-10-21)17-23(19-28(2,3)4)18-25(20)8-6-22-11-15-27-16-12-22/h9-18H,19H2,1-4H3/q+1. The van der Waals surface area contributed by atoms with E-state index in [1.54, 1.807) is 24.8 Å². The summed E-state index contributed by atoms with van der Waals surface area (Å²) in [5.41, 5.74) is 6.28. The van der Waals surface area contributed by atoms with Crippen molar-refractivity contribution in [1.29, 1.82) is 0 Å². The Hall–Kier alpha value is -3.40. The van der Waals surface area contributed by atoms with Crippen LogP contribution in [0.1, 0.15) is 33.4 Å². The monoisotopic (exact) mass is 366 g/mol.